The number of nitrogens with one attached hydrogen (secondary N) is 1. The number of pyridine rings is 1. The fourth-order valence-electron chi connectivity index (χ4n) is 2.55. The molecule has 1 atom stereocenters. The smallest absolute Gasteiger partial charge is 0.254 e. The Morgan fingerprint density at radius 3 is 3.00 bits per heavy atom. The van der Waals surface area contributed by atoms with Crippen LogP contribution in [-0.2, 0) is 0 Å². The van der Waals surface area contributed by atoms with Gasteiger partial charge in [0.2, 0.25) is 0 Å². The summed E-state index contributed by atoms with van der Waals surface area (Å²) in [4.78, 5) is 18.1. The third-order valence-corrected chi connectivity index (χ3v) is 3.58. The Morgan fingerprint density at radius 1 is 1.33 bits per heavy atom. The number of anilines is 1. The van der Waals surface area contributed by atoms with Crippen molar-refractivity contribution in [3.8, 4) is 0 Å². The standard InChI is InChI=1S/C16H16FN3O/c17-13-4-1-3-12(9-13)16(21)20-8-6-15(11-20)19-14-5-2-7-18-10-14/h1-5,7,9-10,15,19H,6,8,11H2. The molecule has 2 heterocycles. The maximum atomic E-state index is 13.2. The zero-order valence-corrected chi connectivity index (χ0v) is 11.5. The number of hydrogen-bond acceptors (Lipinski definition) is 3. The summed E-state index contributed by atoms with van der Waals surface area (Å²) < 4.78 is 13.2. The van der Waals surface area contributed by atoms with Gasteiger partial charge in [-0.2, -0.15) is 0 Å². The number of nitrogens with zero attached hydrogens (tertiary/aromatic N) is 2. The Labute approximate surface area is 122 Å². The number of likely N-dealkylation sites (tertiary alicyclic amines) is 1. The van der Waals surface area contributed by atoms with E-state index in [-0.39, 0.29) is 17.8 Å². The molecule has 1 fully saturated rings. The van der Waals surface area contributed by atoms with E-state index in [4.69, 9.17) is 0 Å². The molecule has 1 aromatic heterocycles. The summed E-state index contributed by atoms with van der Waals surface area (Å²) >= 11 is 0. The second-order valence-corrected chi connectivity index (χ2v) is 5.13. The summed E-state index contributed by atoms with van der Waals surface area (Å²) in [5.41, 5.74) is 1.35. The quantitative estimate of drug-likeness (QED) is 0.942. The third kappa shape index (κ3) is 3.18. The lowest BCUT2D eigenvalue weighted by molar-refractivity contribution is 0.0791. The Bertz CT molecular complexity index is 632. The minimum atomic E-state index is -0.384. The van der Waals surface area contributed by atoms with E-state index in [0.29, 0.717) is 18.7 Å². The van der Waals surface area contributed by atoms with Gasteiger partial charge in [0.25, 0.3) is 5.91 Å². The number of hydrogen-bond donors (Lipinski definition) is 1. The highest BCUT2D eigenvalue weighted by Gasteiger charge is 2.26. The maximum absolute atomic E-state index is 13.2. The first kappa shape index (κ1) is 13.5. The number of carbonyl (C=O) groups excluding carboxylic acids is 1. The molecule has 108 valence electrons. The van der Waals surface area contributed by atoms with E-state index in [1.54, 1.807) is 29.4 Å². The van der Waals surface area contributed by atoms with Crippen LogP contribution in [0.4, 0.5) is 10.1 Å². The molecule has 5 heteroatoms. The maximum Gasteiger partial charge on any atom is 0.254 e. The average Bonchev–Trinajstić information content (AvgIpc) is 2.96. The van der Waals surface area contributed by atoms with Crippen LogP contribution in [0.25, 0.3) is 0 Å². The lowest BCUT2D eigenvalue weighted by Gasteiger charge is -2.17. The van der Waals surface area contributed by atoms with E-state index in [2.05, 4.69) is 10.3 Å². The Kier molecular flexibility index (Phi) is 3.81. The van der Waals surface area contributed by atoms with E-state index < -0.39 is 0 Å². The highest BCUT2D eigenvalue weighted by molar-refractivity contribution is 5.94. The van der Waals surface area contributed by atoms with Crippen LogP contribution in [-0.4, -0.2) is 34.9 Å². The van der Waals surface area contributed by atoms with Gasteiger partial charge in [0.05, 0.1) is 5.69 Å². The van der Waals surface area contributed by atoms with E-state index in [1.165, 1.54) is 12.1 Å². The normalized spacial score (nSPS) is 17.8. The largest absolute Gasteiger partial charge is 0.379 e. The van der Waals surface area contributed by atoms with Gasteiger partial charge in [-0.3, -0.25) is 9.78 Å². The molecular formula is C16H16FN3O. The lowest BCUT2D eigenvalue weighted by Crippen LogP contribution is -2.31. The number of rotatable bonds is 3. The molecule has 1 saturated heterocycles. The molecule has 1 aliphatic heterocycles. The van der Waals surface area contributed by atoms with E-state index in [1.807, 2.05) is 12.1 Å². The monoisotopic (exact) mass is 285 g/mol. The fourth-order valence-corrected chi connectivity index (χ4v) is 2.55. The molecule has 3 rings (SSSR count). The Morgan fingerprint density at radius 2 is 2.24 bits per heavy atom. The fraction of sp³-hybridized carbons (Fsp3) is 0.250. The van der Waals surface area contributed by atoms with Gasteiger partial charge in [0.1, 0.15) is 5.82 Å². The van der Waals surface area contributed by atoms with Crippen LogP contribution in [0, 0.1) is 5.82 Å². The molecule has 1 amide bonds. The number of aromatic nitrogens is 1. The number of carbonyl (C=O) groups is 1. The summed E-state index contributed by atoms with van der Waals surface area (Å²) in [6, 6.07) is 9.85. The summed E-state index contributed by atoms with van der Waals surface area (Å²) in [6.45, 7) is 1.29. The Hall–Kier alpha value is -2.43. The molecule has 1 aliphatic rings. The van der Waals surface area contributed by atoms with Gasteiger partial charge in [-0.1, -0.05) is 6.07 Å². The molecule has 4 nitrogen and oxygen atoms in total. The minimum Gasteiger partial charge on any atom is -0.379 e. The average molecular weight is 285 g/mol. The molecule has 1 unspecified atom stereocenters. The second kappa shape index (κ2) is 5.91. The topological polar surface area (TPSA) is 45.2 Å². The number of amides is 1. The van der Waals surface area contributed by atoms with Crippen LogP contribution in [0.5, 0.6) is 0 Å². The van der Waals surface area contributed by atoms with Gasteiger partial charge in [-0.25, -0.2) is 4.39 Å². The van der Waals surface area contributed by atoms with Crippen LogP contribution < -0.4 is 5.32 Å². The summed E-state index contributed by atoms with van der Waals surface area (Å²) in [7, 11) is 0. The van der Waals surface area contributed by atoms with E-state index >= 15 is 0 Å². The summed E-state index contributed by atoms with van der Waals surface area (Å²) in [5, 5.41) is 3.36. The highest BCUT2D eigenvalue weighted by atomic mass is 19.1. The van der Waals surface area contributed by atoms with E-state index in [9.17, 15) is 9.18 Å². The predicted octanol–water partition coefficient (Wildman–Crippen LogP) is 2.55. The highest BCUT2D eigenvalue weighted by Crippen LogP contribution is 2.17. The van der Waals surface area contributed by atoms with Crippen LogP contribution in [0.15, 0.2) is 48.8 Å². The van der Waals surface area contributed by atoms with E-state index in [0.717, 1.165) is 12.1 Å². The zero-order chi connectivity index (χ0) is 14.7. The van der Waals surface area contributed by atoms with Gasteiger partial charge in [0, 0.05) is 37.1 Å². The Balaban J connectivity index is 1.63. The molecule has 0 radical (unpaired) electrons. The molecular weight excluding hydrogens is 269 g/mol. The molecule has 0 bridgehead atoms. The number of halogens is 1. The van der Waals surface area contributed by atoms with Gasteiger partial charge < -0.3 is 10.2 Å². The van der Waals surface area contributed by atoms with Crippen LogP contribution in [0.3, 0.4) is 0 Å². The SMILES string of the molecule is O=C(c1cccc(F)c1)N1CCC(Nc2cccnc2)C1. The van der Waals surface area contributed by atoms with Crippen molar-refractivity contribution in [3.63, 3.8) is 0 Å². The van der Waals surface area contributed by atoms with Gasteiger partial charge in [0.15, 0.2) is 0 Å². The van der Waals surface area contributed by atoms with Crippen molar-refractivity contribution in [1.29, 1.82) is 0 Å². The van der Waals surface area contributed by atoms with Crippen LogP contribution >= 0.6 is 0 Å². The molecule has 21 heavy (non-hydrogen) atoms. The van der Waals surface area contributed by atoms with Crippen molar-refractivity contribution in [2.45, 2.75) is 12.5 Å². The second-order valence-electron chi connectivity index (χ2n) is 5.13. The van der Waals surface area contributed by atoms with Crippen molar-refractivity contribution < 1.29 is 9.18 Å². The molecule has 2 aromatic rings. The molecule has 1 N–H and O–H groups in total. The lowest BCUT2D eigenvalue weighted by atomic mass is 10.2. The van der Waals surface area contributed by atoms with Gasteiger partial charge in [-0.15, -0.1) is 0 Å². The zero-order valence-electron chi connectivity index (χ0n) is 11.5. The van der Waals surface area contributed by atoms with Crippen LogP contribution in [0.2, 0.25) is 0 Å². The van der Waals surface area contributed by atoms with Crippen molar-refractivity contribution in [2.75, 3.05) is 18.4 Å². The molecule has 0 spiro atoms. The minimum absolute atomic E-state index is 0.120. The molecule has 0 aliphatic carbocycles. The van der Waals surface area contributed by atoms with Gasteiger partial charge >= 0.3 is 0 Å². The first-order valence-electron chi connectivity index (χ1n) is 6.94. The number of benzene rings is 1. The summed E-state index contributed by atoms with van der Waals surface area (Å²) in [5.74, 6) is -0.505. The predicted molar refractivity (Wildman–Crippen MR) is 78.6 cm³/mol. The van der Waals surface area contributed by atoms with Crippen molar-refractivity contribution in [1.82, 2.24) is 9.88 Å². The molecule has 0 saturated carbocycles. The first-order chi connectivity index (χ1) is 10.2. The third-order valence-electron chi connectivity index (χ3n) is 3.58. The molecule has 1 aromatic carbocycles. The van der Waals surface area contributed by atoms with Crippen molar-refractivity contribution in [2.24, 2.45) is 0 Å². The van der Waals surface area contributed by atoms with Crippen molar-refractivity contribution >= 4 is 11.6 Å². The van der Waals surface area contributed by atoms with Gasteiger partial charge in [-0.05, 0) is 36.8 Å². The van der Waals surface area contributed by atoms with Crippen LogP contribution in [0.1, 0.15) is 16.8 Å². The van der Waals surface area contributed by atoms with Crippen molar-refractivity contribution in [3.05, 3.63) is 60.2 Å². The first-order valence-corrected chi connectivity index (χ1v) is 6.94. The summed E-state index contributed by atoms with van der Waals surface area (Å²) in [6.07, 6.45) is 4.35.